The minimum atomic E-state index is 0.111. The van der Waals surface area contributed by atoms with Crippen molar-refractivity contribution >= 4 is 5.91 Å². The molecule has 1 aromatic rings. The van der Waals surface area contributed by atoms with Crippen LogP contribution in [0.4, 0.5) is 0 Å². The summed E-state index contributed by atoms with van der Waals surface area (Å²) in [5.74, 6) is 0.920. The van der Waals surface area contributed by atoms with Gasteiger partial charge >= 0.3 is 0 Å². The number of amides is 1. The first-order chi connectivity index (χ1) is 9.08. The number of hydrogen-bond acceptors (Lipinski definition) is 2. The molecule has 0 spiro atoms. The van der Waals surface area contributed by atoms with Gasteiger partial charge in [0.25, 0.3) is 5.91 Å². The first-order valence-electron chi connectivity index (χ1n) is 7.14. The van der Waals surface area contributed by atoms with E-state index in [0.717, 1.165) is 37.2 Å². The molecule has 0 fully saturated rings. The molecule has 0 unspecified atom stereocenters. The van der Waals surface area contributed by atoms with Crippen LogP contribution in [0.2, 0.25) is 0 Å². The second kappa shape index (κ2) is 7.82. The van der Waals surface area contributed by atoms with Crippen LogP contribution in [0.5, 0.6) is 5.75 Å². The Morgan fingerprint density at radius 1 is 1.11 bits per heavy atom. The van der Waals surface area contributed by atoms with Gasteiger partial charge in [-0.25, -0.2) is 0 Å². The third-order valence-electron chi connectivity index (χ3n) is 2.75. The molecule has 3 nitrogen and oxygen atoms in total. The van der Waals surface area contributed by atoms with Crippen molar-refractivity contribution in [1.29, 1.82) is 0 Å². The lowest BCUT2D eigenvalue weighted by Crippen LogP contribution is -2.32. The van der Waals surface area contributed by atoms with E-state index in [4.69, 9.17) is 4.74 Å². The zero-order valence-electron chi connectivity index (χ0n) is 12.5. The van der Waals surface area contributed by atoms with Gasteiger partial charge in [-0.3, -0.25) is 4.79 Å². The van der Waals surface area contributed by atoms with E-state index in [-0.39, 0.29) is 12.0 Å². The van der Waals surface area contributed by atoms with E-state index in [1.165, 1.54) is 0 Å². The Balaban J connectivity index is 2.75. The van der Waals surface area contributed by atoms with Gasteiger partial charge < -0.3 is 9.64 Å². The maximum atomic E-state index is 12.3. The molecular weight excluding hydrogens is 238 g/mol. The lowest BCUT2D eigenvalue weighted by molar-refractivity contribution is 0.0755. The molecule has 0 radical (unpaired) electrons. The fourth-order valence-corrected chi connectivity index (χ4v) is 1.99. The number of hydrogen-bond donors (Lipinski definition) is 0. The minimum absolute atomic E-state index is 0.111. The van der Waals surface area contributed by atoms with Gasteiger partial charge in [-0.2, -0.15) is 0 Å². The summed E-state index contributed by atoms with van der Waals surface area (Å²) in [4.78, 5) is 14.3. The molecule has 0 saturated heterocycles. The SMILES string of the molecule is CCCN(CCC)C(=O)c1ccc(OC(C)C)cc1. The fourth-order valence-electron chi connectivity index (χ4n) is 1.99. The lowest BCUT2D eigenvalue weighted by atomic mass is 10.2. The zero-order valence-corrected chi connectivity index (χ0v) is 12.5. The number of nitrogens with zero attached hydrogens (tertiary/aromatic N) is 1. The number of carbonyl (C=O) groups is 1. The van der Waals surface area contributed by atoms with Crippen molar-refractivity contribution in [2.75, 3.05) is 13.1 Å². The van der Waals surface area contributed by atoms with Crippen LogP contribution in [0.15, 0.2) is 24.3 Å². The molecule has 0 aliphatic carbocycles. The van der Waals surface area contributed by atoms with Gasteiger partial charge in [-0.15, -0.1) is 0 Å². The molecule has 0 aliphatic heterocycles. The fraction of sp³-hybridized carbons (Fsp3) is 0.562. The van der Waals surface area contributed by atoms with Gasteiger partial charge in [0.15, 0.2) is 0 Å². The van der Waals surface area contributed by atoms with Crippen molar-refractivity contribution < 1.29 is 9.53 Å². The van der Waals surface area contributed by atoms with Gasteiger partial charge in [-0.05, 0) is 51.0 Å². The van der Waals surface area contributed by atoms with Gasteiger partial charge in [-0.1, -0.05) is 13.8 Å². The standard InChI is InChI=1S/C16H25NO2/c1-5-11-17(12-6-2)16(18)14-7-9-15(10-8-14)19-13(3)4/h7-10,13H,5-6,11-12H2,1-4H3. The molecule has 0 atom stereocenters. The number of benzene rings is 1. The largest absolute Gasteiger partial charge is 0.491 e. The zero-order chi connectivity index (χ0) is 14.3. The second-order valence-corrected chi connectivity index (χ2v) is 4.98. The molecule has 0 aromatic heterocycles. The van der Waals surface area contributed by atoms with Gasteiger partial charge in [0, 0.05) is 18.7 Å². The van der Waals surface area contributed by atoms with E-state index < -0.39 is 0 Å². The first kappa shape index (κ1) is 15.5. The monoisotopic (exact) mass is 263 g/mol. The average Bonchev–Trinajstić information content (AvgIpc) is 2.38. The van der Waals surface area contributed by atoms with Crippen LogP contribution in [0.25, 0.3) is 0 Å². The van der Waals surface area contributed by atoms with E-state index in [1.807, 2.05) is 43.0 Å². The smallest absolute Gasteiger partial charge is 0.253 e. The Bertz CT molecular complexity index is 378. The molecular formula is C16H25NO2. The summed E-state index contributed by atoms with van der Waals surface area (Å²) < 4.78 is 5.58. The summed E-state index contributed by atoms with van der Waals surface area (Å²) in [6.45, 7) is 9.80. The number of ether oxygens (including phenoxy) is 1. The van der Waals surface area contributed by atoms with E-state index in [0.29, 0.717) is 0 Å². The average molecular weight is 263 g/mol. The van der Waals surface area contributed by atoms with Gasteiger partial charge in [0.05, 0.1) is 6.10 Å². The Labute approximate surface area is 116 Å². The maximum absolute atomic E-state index is 12.3. The second-order valence-electron chi connectivity index (χ2n) is 4.98. The Morgan fingerprint density at radius 2 is 1.63 bits per heavy atom. The number of carbonyl (C=O) groups excluding carboxylic acids is 1. The summed E-state index contributed by atoms with van der Waals surface area (Å²) in [6.07, 6.45) is 2.12. The third-order valence-corrected chi connectivity index (χ3v) is 2.75. The summed E-state index contributed by atoms with van der Waals surface area (Å²) in [5, 5.41) is 0. The molecule has 1 amide bonds. The normalized spacial score (nSPS) is 10.6. The van der Waals surface area contributed by atoms with Crippen molar-refractivity contribution in [2.45, 2.75) is 46.6 Å². The van der Waals surface area contributed by atoms with E-state index in [1.54, 1.807) is 0 Å². The molecule has 106 valence electrons. The summed E-state index contributed by atoms with van der Waals surface area (Å²) in [7, 11) is 0. The quantitative estimate of drug-likeness (QED) is 0.750. The molecule has 0 aliphatic rings. The highest BCUT2D eigenvalue weighted by molar-refractivity contribution is 5.94. The first-order valence-corrected chi connectivity index (χ1v) is 7.14. The van der Waals surface area contributed by atoms with Crippen LogP contribution >= 0.6 is 0 Å². The molecule has 0 N–H and O–H groups in total. The predicted octanol–water partition coefficient (Wildman–Crippen LogP) is 3.74. The van der Waals surface area contributed by atoms with E-state index in [9.17, 15) is 4.79 Å². The van der Waals surface area contributed by atoms with Crippen molar-refractivity contribution in [3.05, 3.63) is 29.8 Å². The third kappa shape index (κ3) is 4.93. The van der Waals surface area contributed by atoms with E-state index >= 15 is 0 Å². The summed E-state index contributed by atoms with van der Waals surface area (Å²) in [5.41, 5.74) is 0.734. The molecule has 0 heterocycles. The number of rotatable bonds is 7. The van der Waals surface area contributed by atoms with Crippen LogP contribution in [0, 0.1) is 0 Å². The summed E-state index contributed by atoms with van der Waals surface area (Å²) in [6, 6.07) is 7.42. The van der Waals surface area contributed by atoms with Crippen LogP contribution in [0.3, 0.4) is 0 Å². The molecule has 3 heteroatoms. The Morgan fingerprint density at radius 3 is 2.05 bits per heavy atom. The van der Waals surface area contributed by atoms with Crippen molar-refractivity contribution in [3.63, 3.8) is 0 Å². The highest BCUT2D eigenvalue weighted by Gasteiger charge is 2.14. The van der Waals surface area contributed by atoms with Crippen molar-refractivity contribution in [3.8, 4) is 5.75 Å². The van der Waals surface area contributed by atoms with Gasteiger partial charge in [0.1, 0.15) is 5.75 Å². The predicted molar refractivity (Wildman–Crippen MR) is 78.7 cm³/mol. The highest BCUT2D eigenvalue weighted by Crippen LogP contribution is 2.15. The van der Waals surface area contributed by atoms with Crippen LogP contribution in [-0.4, -0.2) is 30.0 Å². The topological polar surface area (TPSA) is 29.5 Å². The van der Waals surface area contributed by atoms with Crippen LogP contribution < -0.4 is 4.74 Å². The van der Waals surface area contributed by atoms with Crippen LogP contribution in [0.1, 0.15) is 50.9 Å². The maximum Gasteiger partial charge on any atom is 0.253 e. The van der Waals surface area contributed by atoms with Crippen molar-refractivity contribution in [2.24, 2.45) is 0 Å². The van der Waals surface area contributed by atoms with Gasteiger partial charge in [0.2, 0.25) is 0 Å². The van der Waals surface area contributed by atoms with Crippen molar-refractivity contribution in [1.82, 2.24) is 4.90 Å². The highest BCUT2D eigenvalue weighted by atomic mass is 16.5. The molecule has 0 saturated carbocycles. The summed E-state index contributed by atoms with van der Waals surface area (Å²) >= 11 is 0. The molecule has 1 aromatic carbocycles. The Hall–Kier alpha value is -1.51. The molecule has 1 rings (SSSR count). The molecule has 0 bridgehead atoms. The lowest BCUT2D eigenvalue weighted by Gasteiger charge is -2.21. The van der Waals surface area contributed by atoms with E-state index in [2.05, 4.69) is 13.8 Å². The minimum Gasteiger partial charge on any atom is -0.491 e. The van der Waals surface area contributed by atoms with Crippen LogP contribution in [-0.2, 0) is 0 Å². The molecule has 19 heavy (non-hydrogen) atoms. The Kier molecular flexibility index (Phi) is 6.40.